The van der Waals surface area contributed by atoms with Gasteiger partial charge in [-0.25, -0.2) is 0 Å². The molecular weight excluding hydrogens is 267 g/mol. The Hall–Kier alpha value is -1.88. The number of aliphatic hydroxyl groups is 1. The second kappa shape index (κ2) is 4.90. The summed E-state index contributed by atoms with van der Waals surface area (Å²) >= 11 is 0. The number of nitrogens with zero attached hydrogens (tertiary/aromatic N) is 1. The largest absolute Gasteiger partial charge is 0.417 e. The van der Waals surface area contributed by atoms with Crippen LogP contribution in [0.3, 0.4) is 0 Å². The van der Waals surface area contributed by atoms with Crippen LogP contribution in [-0.2, 0) is 11.8 Å². The summed E-state index contributed by atoms with van der Waals surface area (Å²) in [6.45, 7) is 2.88. The Labute approximate surface area is 114 Å². The van der Waals surface area contributed by atoms with Gasteiger partial charge in [0.25, 0.3) is 0 Å². The molecule has 2 nitrogen and oxygen atoms in total. The van der Waals surface area contributed by atoms with Gasteiger partial charge >= 0.3 is 6.18 Å². The zero-order valence-electron chi connectivity index (χ0n) is 11.1. The second-order valence-corrected chi connectivity index (χ2v) is 5.04. The van der Waals surface area contributed by atoms with Crippen molar-refractivity contribution in [1.82, 2.24) is 4.98 Å². The molecule has 2 rings (SSSR count). The van der Waals surface area contributed by atoms with E-state index >= 15 is 0 Å². The lowest BCUT2D eigenvalue weighted by Crippen LogP contribution is -2.19. The van der Waals surface area contributed by atoms with Crippen molar-refractivity contribution in [2.75, 3.05) is 0 Å². The first kappa shape index (κ1) is 14.5. The molecule has 0 bridgehead atoms. The maximum atomic E-state index is 12.8. The van der Waals surface area contributed by atoms with Crippen LogP contribution in [0.5, 0.6) is 0 Å². The molecule has 0 spiro atoms. The Balaban J connectivity index is 2.65. The summed E-state index contributed by atoms with van der Waals surface area (Å²) in [4.78, 5) is 3.90. The molecule has 0 saturated carbocycles. The third-order valence-electron chi connectivity index (χ3n) is 2.92. The predicted octanol–water partition coefficient (Wildman–Crippen LogP) is 3.99. The monoisotopic (exact) mass is 281 g/mol. The summed E-state index contributed by atoms with van der Waals surface area (Å²) in [5, 5.41) is 10.1. The van der Waals surface area contributed by atoms with Gasteiger partial charge in [0.05, 0.1) is 16.9 Å². The van der Waals surface area contributed by atoms with E-state index in [1.165, 1.54) is 13.8 Å². The van der Waals surface area contributed by atoms with E-state index in [0.29, 0.717) is 11.3 Å². The zero-order valence-corrected chi connectivity index (χ0v) is 11.1. The highest BCUT2D eigenvalue weighted by molar-refractivity contribution is 5.64. The van der Waals surface area contributed by atoms with Gasteiger partial charge in [0.1, 0.15) is 0 Å². The molecule has 0 amide bonds. The molecule has 1 aromatic carbocycles. The number of halogens is 3. The summed E-state index contributed by atoms with van der Waals surface area (Å²) < 4.78 is 38.3. The minimum absolute atomic E-state index is 0.151. The maximum Gasteiger partial charge on any atom is 0.417 e. The van der Waals surface area contributed by atoms with Crippen molar-refractivity contribution in [3.63, 3.8) is 0 Å². The number of benzene rings is 1. The molecule has 0 aliphatic carbocycles. The van der Waals surface area contributed by atoms with Crippen LogP contribution in [0.25, 0.3) is 11.3 Å². The number of alkyl halides is 3. The Morgan fingerprint density at radius 3 is 2.15 bits per heavy atom. The normalized spacial score (nSPS) is 12.5. The molecule has 106 valence electrons. The third-order valence-corrected chi connectivity index (χ3v) is 2.92. The van der Waals surface area contributed by atoms with Crippen molar-refractivity contribution in [1.29, 1.82) is 0 Å². The summed E-state index contributed by atoms with van der Waals surface area (Å²) in [5.74, 6) is 0. The van der Waals surface area contributed by atoms with Gasteiger partial charge < -0.3 is 5.11 Å². The minimum atomic E-state index is -4.48. The van der Waals surface area contributed by atoms with Gasteiger partial charge in [0, 0.05) is 17.3 Å². The Kier molecular flexibility index (Phi) is 3.56. The number of hydrogen-bond donors (Lipinski definition) is 1. The second-order valence-electron chi connectivity index (χ2n) is 5.04. The molecule has 0 aliphatic heterocycles. The molecule has 1 N–H and O–H groups in total. The quantitative estimate of drug-likeness (QED) is 0.902. The zero-order chi connectivity index (χ0) is 15.0. The highest BCUT2D eigenvalue weighted by Gasteiger charge is 2.33. The van der Waals surface area contributed by atoms with Crippen LogP contribution in [0, 0.1) is 0 Å². The highest BCUT2D eigenvalue weighted by Crippen LogP contribution is 2.35. The van der Waals surface area contributed by atoms with Crippen molar-refractivity contribution in [3.05, 3.63) is 53.7 Å². The highest BCUT2D eigenvalue weighted by atomic mass is 19.4. The van der Waals surface area contributed by atoms with Gasteiger partial charge in [0.2, 0.25) is 0 Å². The van der Waals surface area contributed by atoms with E-state index in [0.717, 1.165) is 12.3 Å². The molecule has 1 aromatic heterocycles. The van der Waals surface area contributed by atoms with Crippen LogP contribution in [0.1, 0.15) is 25.0 Å². The molecule has 0 atom stereocenters. The third kappa shape index (κ3) is 2.99. The van der Waals surface area contributed by atoms with Crippen LogP contribution in [0.2, 0.25) is 0 Å². The van der Waals surface area contributed by atoms with Crippen molar-refractivity contribution >= 4 is 0 Å². The van der Waals surface area contributed by atoms with E-state index in [4.69, 9.17) is 0 Å². The van der Waals surface area contributed by atoms with Crippen molar-refractivity contribution in [2.45, 2.75) is 25.6 Å². The van der Waals surface area contributed by atoms with E-state index in [1.54, 1.807) is 30.3 Å². The van der Waals surface area contributed by atoms with Gasteiger partial charge in [-0.05, 0) is 19.9 Å². The first-order valence-electron chi connectivity index (χ1n) is 6.05. The smallest absolute Gasteiger partial charge is 0.386 e. The van der Waals surface area contributed by atoms with Gasteiger partial charge in [0.15, 0.2) is 0 Å². The topological polar surface area (TPSA) is 33.1 Å². The Bertz CT molecular complexity index is 601. The fraction of sp³-hybridized carbons (Fsp3) is 0.267. The van der Waals surface area contributed by atoms with E-state index in [9.17, 15) is 18.3 Å². The first-order valence-corrected chi connectivity index (χ1v) is 6.05. The van der Waals surface area contributed by atoms with E-state index < -0.39 is 17.3 Å². The van der Waals surface area contributed by atoms with Gasteiger partial charge in [-0.3, -0.25) is 4.98 Å². The van der Waals surface area contributed by atoms with Crippen LogP contribution >= 0.6 is 0 Å². The Morgan fingerprint density at radius 1 is 1.05 bits per heavy atom. The minimum Gasteiger partial charge on any atom is -0.386 e. The standard InChI is InChI=1S/C15H14F3NO/c1-14(2,20)12-8-11(15(16,17)18)9-19-13(12)10-6-4-3-5-7-10/h3-9,20H,1-2H3. The average Bonchev–Trinajstić information content (AvgIpc) is 2.37. The molecule has 1 heterocycles. The molecular formula is C15H14F3NO. The van der Waals surface area contributed by atoms with E-state index in [1.807, 2.05) is 0 Å². The van der Waals surface area contributed by atoms with Crippen LogP contribution in [-0.4, -0.2) is 10.1 Å². The average molecular weight is 281 g/mol. The summed E-state index contributed by atoms with van der Waals surface area (Å²) in [5.41, 5.74) is -1.11. The molecule has 0 fully saturated rings. The van der Waals surface area contributed by atoms with Gasteiger partial charge in [-0.2, -0.15) is 13.2 Å². The lowest BCUT2D eigenvalue weighted by Gasteiger charge is -2.22. The van der Waals surface area contributed by atoms with Gasteiger partial charge in [-0.15, -0.1) is 0 Å². The number of rotatable bonds is 2. The molecule has 2 aromatic rings. The van der Waals surface area contributed by atoms with Gasteiger partial charge in [-0.1, -0.05) is 30.3 Å². The predicted molar refractivity (Wildman–Crippen MR) is 69.9 cm³/mol. The van der Waals surface area contributed by atoms with E-state index in [-0.39, 0.29) is 5.56 Å². The molecule has 20 heavy (non-hydrogen) atoms. The summed E-state index contributed by atoms with van der Waals surface area (Å²) in [6, 6.07) is 9.77. The molecule has 0 radical (unpaired) electrons. The lowest BCUT2D eigenvalue weighted by atomic mass is 9.92. The number of aromatic nitrogens is 1. The number of pyridine rings is 1. The van der Waals surface area contributed by atoms with Crippen molar-refractivity contribution < 1.29 is 18.3 Å². The molecule has 5 heteroatoms. The summed E-state index contributed by atoms with van der Waals surface area (Å²) in [6.07, 6.45) is -3.69. The fourth-order valence-corrected chi connectivity index (χ4v) is 1.91. The van der Waals surface area contributed by atoms with Crippen molar-refractivity contribution in [2.24, 2.45) is 0 Å². The number of hydrogen-bond acceptors (Lipinski definition) is 2. The lowest BCUT2D eigenvalue weighted by molar-refractivity contribution is -0.138. The van der Waals surface area contributed by atoms with Crippen LogP contribution in [0.4, 0.5) is 13.2 Å². The SMILES string of the molecule is CC(C)(O)c1cc(C(F)(F)F)cnc1-c1ccccc1. The fourth-order valence-electron chi connectivity index (χ4n) is 1.91. The van der Waals surface area contributed by atoms with Crippen molar-refractivity contribution in [3.8, 4) is 11.3 Å². The molecule has 0 aliphatic rings. The van der Waals surface area contributed by atoms with E-state index in [2.05, 4.69) is 4.98 Å². The first-order chi connectivity index (χ1) is 9.19. The van der Waals surface area contributed by atoms with Crippen LogP contribution < -0.4 is 0 Å². The maximum absolute atomic E-state index is 12.8. The molecule has 0 unspecified atom stereocenters. The Morgan fingerprint density at radius 2 is 1.65 bits per heavy atom. The summed E-state index contributed by atoms with van der Waals surface area (Å²) in [7, 11) is 0. The molecule has 0 saturated heterocycles. The van der Waals surface area contributed by atoms with Crippen LogP contribution in [0.15, 0.2) is 42.6 Å².